The van der Waals surface area contributed by atoms with Crippen molar-refractivity contribution < 1.29 is 19.3 Å². The number of hydrogen-bond donors (Lipinski definition) is 1. The Balaban J connectivity index is 1.69. The van der Waals surface area contributed by atoms with Crippen LogP contribution < -0.4 is 5.32 Å². The summed E-state index contributed by atoms with van der Waals surface area (Å²) in [5.41, 5.74) is 0.897. The van der Waals surface area contributed by atoms with E-state index in [9.17, 15) is 24.5 Å². The van der Waals surface area contributed by atoms with Crippen molar-refractivity contribution in [2.45, 2.75) is 0 Å². The van der Waals surface area contributed by atoms with E-state index in [2.05, 4.69) is 5.32 Å². The van der Waals surface area contributed by atoms with Crippen molar-refractivity contribution >= 4 is 57.9 Å². The van der Waals surface area contributed by atoms with Gasteiger partial charge in [0.25, 0.3) is 16.8 Å². The fraction of sp³-hybridized carbons (Fsp3) is 0.0556. The van der Waals surface area contributed by atoms with Gasteiger partial charge in [-0.1, -0.05) is 17.7 Å². The summed E-state index contributed by atoms with van der Waals surface area (Å²) in [5.74, 6) is -1.14. The van der Waals surface area contributed by atoms with Crippen molar-refractivity contribution in [2.75, 3.05) is 11.9 Å². The zero-order chi connectivity index (χ0) is 20.3. The molecule has 0 aliphatic carbocycles. The SMILES string of the molecule is O=C(CN1C(=O)S/C(=C/c2ccc([N+](=O)[O-])cc2)C1=O)Nc1cccc(Cl)c1. The quantitative estimate of drug-likeness (QED) is 0.448. The predicted molar refractivity (Wildman–Crippen MR) is 106 cm³/mol. The normalized spacial score (nSPS) is 15.2. The molecule has 0 saturated carbocycles. The van der Waals surface area contributed by atoms with Crippen LogP contribution >= 0.6 is 23.4 Å². The van der Waals surface area contributed by atoms with E-state index < -0.39 is 28.5 Å². The Hall–Kier alpha value is -3.17. The molecule has 0 radical (unpaired) electrons. The summed E-state index contributed by atoms with van der Waals surface area (Å²) in [5, 5.41) is 13.1. The van der Waals surface area contributed by atoms with Gasteiger partial charge >= 0.3 is 0 Å². The van der Waals surface area contributed by atoms with E-state index >= 15 is 0 Å². The first kappa shape index (κ1) is 19.6. The summed E-state index contributed by atoms with van der Waals surface area (Å²) in [6.45, 7) is -0.436. The number of carbonyl (C=O) groups excluding carboxylic acids is 3. The molecular formula is C18H12ClN3O5S. The molecule has 0 aromatic heterocycles. The van der Waals surface area contributed by atoms with Crippen LogP contribution in [0, 0.1) is 10.1 Å². The summed E-state index contributed by atoms with van der Waals surface area (Å²) in [4.78, 5) is 47.8. The van der Waals surface area contributed by atoms with E-state index in [1.807, 2.05) is 0 Å². The van der Waals surface area contributed by atoms with Crippen molar-refractivity contribution in [3.8, 4) is 0 Å². The molecule has 0 bridgehead atoms. The van der Waals surface area contributed by atoms with Gasteiger partial charge in [-0.3, -0.25) is 29.4 Å². The highest BCUT2D eigenvalue weighted by Crippen LogP contribution is 2.32. The Morgan fingerprint density at radius 1 is 1.21 bits per heavy atom. The van der Waals surface area contributed by atoms with Crippen LogP contribution in [-0.2, 0) is 9.59 Å². The van der Waals surface area contributed by atoms with Gasteiger partial charge in [0.1, 0.15) is 6.54 Å². The minimum Gasteiger partial charge on any atom is -0.324 e. The second-order valence-corrected chi connectivity index (χ2v) is 7.10. The van der Waals surface area contributed by atoms with Crippen LogP contribution in [0.4, 0.5) is 16.2 Å². The molecule has 0 unspecified atom stereocenters. The van der Waals surface area contributed by atoms with E-state index in [1.54, 1.807) is 24.3 Å². The zero-order valence-electron chi connectivity index (χ0n) is 14.1. The Bertz CT molecular complexity index is 1010. The number of imide groups is 1. The third kappa shape index (κ3) is 4.56. The minimum absolute atomic E-state index is 0.0806. The summed E-state index contributed by atoms with van der Waals surface area (Å²) < 4.78 is 0. The third-order valence-corrected chi connectivity index (χ3v) is 4.83. The molecule has 28 heavy (non-hydrogen) atoms. The van der Waals surface area contributed by atoms with Gasteiger partial charge in [0, 0.05) is 22.8 Å². The number of thioether (sulfide) groups is 1. The molecule has 1 N–H and O–H groups in total. The summed E-state index contributed by atoms with van der Waals surface area (Å²) in [6, 6.07) is 12.0. The lowest BCUT2D eigenvalue weighted by Crippen LogP contribution is -2.36. The standard InChI is InChI=1S/C18H12ClN3O5S/c19-12-2-1-3-13(9-12)20-16(23)10-21-17(24)15(28-18(21)25)8-11-4-6-14(7-5-11)22(26)27/h1-9H,10H2,(H,20,23)/b15-8+. The Kier molecular flexibility index (Phi) is 5.76. The Labute approximate surface area is 168 Å². The average molecular weight is 418 g/mol. The van der Waals surface area contributed by atoms with Gasteiger partial charge in [0.05, 0.1) is 9.83 Å². The third-order valence-electron chi connectivity index (χ3n) is 3.69. The lowest BCUT2D eigenvalue weighted by Gasteiger charge is -2.12. The number of non-ortho nitro benzene ring substituents is 1. The van der Waals surface area contributed by atoms with Gasteiger partial charge in [-0.25, -0.2) is 0 Å². The number of hydrogen-bond acceptors (Lipinski definition) is 6. The molecule has 0 spiro atoms. The van der Waals surface area contributed by atoms with Gasteiger partial charge in [-0.15, -0.1) is 0 Å². The van der Waals surface area contributed by atoms with Gasteiger partial charge in [-0.05, 0) is 53.7 Å². The van der Waals surface area contributed by atoms with Crippen LogP contribution in [0.3, 0.4) is 0 Å². The number of anilines is 1. The molecule has 1 aliphatic rings. The van der Waals surface area contributed by atoms with Crippen molar-refractivity contribution in [2.24, 2.45) is 0 Å². The van der Waals surface area contributed by atoms with Gasteiger partial charge in [0.15, 0.2) is 0 Å². The molecule has 142 valence electrons. The molecule has 8 nitrogen and oxygen atoms in total. The summed E-state index contributed by atoms with van der Waals surface area (Å²) >= 11 is 6.55. The maximum Gasteiger partial charge on any atom is 0.294 e. The van der Waals surface area contributed by atoms with Crippen LogP contribution in [-0.4, -0.2) is 33.4 Å². The molecule has 1 saturated heterocycles. The van der Waals surface area contributed by atoms with Crippen LogP contribution in [0.25, 0.3) is 6.08 Å². The highest BCUT2D eigenvalue weighted by Gasteiger charge is 2.36. The summed E-state index contributed by atoms with van der Waals surface area (Å²) in [6.07, 6.45) is 1.45. The first-order valence-electron chi connectivity index (χ1n) is 7.89. The van der Waals surface area contributed by atoms with Crippen molar-refractivity contribution in [3.05, 3.63) is 74.1 Å². The topological polar surface area (TPSA) is 110 Å². The molecule has 3 rings (SSSR count). The summed E-state index contributed by atoms with van der Waals surface area (Å²) in [7, 11) is 0. The van der Waals surface area contributed by atoms with Crippen LogP contribution in [0.1, 0.15) is 5.56 Å². The number of rotatable bonds is 5. The first-order valence-corrected chi connectivity index (χ1v) is 9.08. The van der Waals surface area contributed by atoms with Crippen LogP contribution in [0.2, 0.25) is 5.02 Å². The largest absolute Gasteiger partial charge is 0.324 e. The van der Waals surface area contributed by atoms with Crippen molar-refractivity contribution in [1.29, 1.82) is 0 Å². The zero-order valence-corrected chi connectivity index (χ0v) is 15.7. The Morgan fingerprint density at radius 3 is 2.57 bits per heavy atom. The number of nitro benzene ring substituents is 1. The van der Waals surface area contributed by atoms with Gasteiger partial charge < -0.3 is 5.32 Å². The molecule has 10 heteroatoms. The van der Waals surface area contributed by atoms with Crippen molar-refractivity contribution in [3.63, 3.8) is 0 Å². The van der Waals surface area contributed by atoms with Crippen molar-refractivity contribution in [1.82, 2.24) is 4.90 Å². The monoisotopic (exact) mass is 417 g/mol. The fourth-order valence-electron chi connectivity index (χ4n) is 2.39. The maximum atomic E-state index is 12.4. The lowest BCUT2D eigenvalue weighted by molar-refractivity contribution is -0.384. The van der Waals surface area contributed by atoms with E-state index in [0.29, 0.717) is 28.0 Å². The number of nitro groups is 1. The number of halogens is 1. The highest BCUT2D eigenvalue weighted by atomic mass is 35.5. The smallest absolute Gasteiger partial charge is 0.294 e. The second kappa shape index (κ2) is 8.24. The second-order valence-electron chi connectivity index (χ2n) is 5.68. The number of benzene rings is 2. The molecule has 1 aliphatic heterocycles. The van der Waals surface area contributed by atoms with E-state index in [1.165, 1.54) is 30.3 Å². The Morgan fingerprint density at radius 2 is 1.93 bits per heavy atom. The van der Waals surface area contributed by atoms with Crippen LogP contribution in [0.5, 0.6) is 0 Å². The fourth-order valence-corrected chi connectivity index (χ4v) is 3.42. The molecule has 3 amide bonds. The molecule has 1 heterocycles. The van der Waals surface area contributed by atoms with E-state index in [0.717, 1.165) is 4.90 Å². The number of amides is 3. The number of nitrogens with one attached hydrogen (secondary N) is 1. The lowest BCUT2D eigenvalue weighted by atomic mass is 10.2. The first-order chi connectivity index (χ1) is 13.3. The van der Waals surface area contributed by atoms with Crippen LogP contribution in [0.15, 0.2) is 53.4 Å². The number of carbonyl (C=O) groups is 3. The minimum atomic E-state index is -0.602. The number of nitrogens with zero attached hydrogens (tertiary/aromatic N) is 2. The predicted octanol–water partition coefficient (Wildman–Crippen LogP) is 3.92. The average Bonchev–Trinajstić information content (AvgIpc) is 2.89. The van der Waals surface area contributed by atoms with E-state index in [-0.39, 0.29) is 10.6 Å². The van der Waals surface area contributed by atoms with Gasteiger partial charge in [-0.2, -0.15) is 0 Å². The molecule has 0 atom stereocenters. The molecule has 2 aromatic carbocycles. The maximum absolute atomic E-state index is 12.4. The van der Waals surface area contributed by atoms with Gasteiger partial charge in [0.2, 0.25) is 5.91 Å². The molecule has 2 aromatic rings. The molecular weight excluding hydrogens is 406 g/mol. The van der Waals surface area contributed by atoms with E-state index in [4.69, 9.17) is 11.6 Å². The molecule has 1 fully saturated rings. The highest BCUT2D eigenvalue weighted by molar-refractivity contribution is 8.18.